The molecular weight excluding hydrogens is 300 g/mol. The number of hydrogen-bond donors (Lipinski definition) is 0. The van der Waals surface area contributed by atoms with Crippen molar-refractivity contribution < 1.29 is 14.3 Å². The lowest BCUT2D eigenvalue weighted by Crippen LogP contribution is -2.64. The van der Waals surface area contributed by atoms with Gasteiger partial charge in [0.05, 0.1) is 5.60 Å². The number of fused-ring (bicyclic) bond motifs is 5. The molecule has 0 aromatic heterocycles. The van der Waals surface area contributed by atoms with Crippen molar-refractivity contribution in [1.29, 1.82) is 0 Å². The first-order chi connectivity index (χ1) is 11.4. The lowest BCUT2D eigenvalue weighted by molar-refractivity contribution is -0.215. The Kier molecular flexibility index (Phi) is 3.62. The van der Waals surface area contributed by atoms with Crippen LogP contribution in [0.1, 0.15) is 72.1 Å². The van der Waals surface area contributed by atoms with E-state index in [1.54, 1.807) is 0 Å². The van der Waals surface area contributed by atoms with Crippen molar-refractivity contribution >= 4 is 11.6 Å². The molecule has 0 aromatic carbocycles. The van der Waals surface area contributed by atoms with Gasteiger partial charge in [0.25, 0.3) is 0 Å². The molecule has 3 fully saturated rings. The minimum atomic E-state index is -0.179. The SMILES string of the molecule is CCOC12CCC3(C)C(=O)CCC3C1CCC1=CC(=O)CCC12C. The Bertz CT molecular complexity index is 621. The number of rotatable bonds is 2. The number of carbonyl (C=O) groups excluding carboxylic acids is 2. The van der Waals surface area contributed by atoms with Gasteiger partial charge < -0.3 is 4.74 Å². The second-order valence-electron chi connectivity index (χ2n) is 8.92. The first-order valence-corrected chi connectivity index (χ1v) is 9.78. The van der Waals surface area contributed by atoms with E-state index >= 15 is 0 Å². The van der Waals surface area contributed by atoms with Gasteiger partial charge in [-0.1, -0.05) is 19.4 Å². The summed E-state index contributed by atoms with van der Waals surface area (Å²) in [6, 6.07) is 0. The van der Waals surface area contributed by atoms with Crippen LogP contribution in [0, 0.1) is 22.7 Å². The van der Waals surface area contributed by atoms with Crippen molar-refractivity contribution in [3.05, 3.63) is 11.6 Å². The highest BCUT2D eigenvalue weighted by atomic mass is 16.5. The minimum absolute atomic E-state index is 0.0349. The molecule has 0 radical (unpaired) electrons. The Morgan fingerprint density at radius 2 is 1.79 bits per heavy atom. The summed E-state index contributed by atoms with van der Waals surface area (Å²) in [7, 11) is 0. The van der Waals surface area contributed by atoms with Crippen molar-refractivity contribution in [1.82, 2.24) is 0 Å². The molecule has 4 rings (SSSR count). The average molecular weight is 330 g/mol. The van der Waals surface area contributed by atoms with Crippen LogP contribution >= 0.6 is 0 Å². The molecule has 24 heavy (non-hydrogen) atoms. The third-order valence-electron chi connectivity index (χ3n) is 8.21. The van der Waals surface area contributed by atoms with Crippen molar-refractivity contribution in [2.75, 3.05) is 6.61 Å². The Hall–Kier alpha value is -0.960. The van der Waals surface area contributed by atoms with Gasteiger partial charge in [-0.25, -0.2) is 0 Å². The standard InChI is InChI=1S/C21H30O3/c1-4-24-21-12-11-19(2)16(7-8-18(19)23)17(21)6-5-14-13-15(22)9-10-20(14,21)3/h13,16-17H,4-12H2,1-3H3. The van der Waals surface area contributed by atoms with E-state index in [2.05, 4.69) is 20.8 Å². The lowest BCUT2D eigenvalue weighted by Gasteiger charge is -2.63. The molecule has 0 spiro atoms. The summed E-state index contributed by atoms with van der Waals surface area (Å²) < 4.78 is 6.61. The number of carbonyl (C=O) groups is 2. The van der Waals surface area contributed by atoms with Gasteiger partial charge in [-0.15, -0.1) is 0 Å². The maximum absolute atomic E-state index is 12.6. The van der Waals surface area contributed by atoms with Gasteiger partial charge in [-0.05, 0) is 63.4 Å². The van der Waals surface area contributed by atoms with Crippen molar-refractivity contribution in [2.45, 2.75) is 77.7 Å². The van der Waals surface area contributed by atoms with Crippen LogP contribution in [0.2, 0.25) is 0 Å². The number of ether oxygens (including phenoxy) is 1. The van der Waals surface area contributed by atoms with Gasteiger partial charge in [-0.3, -0.25) is 9.59 Å². The van der Waals surface area contributed by atoms with Crippen LogP contribution in [-0.2, 0) is 14.3 Å². The van der Waals surface area contributed by atoms with E-state index in [0.29, 0.717) is 30.6 Å². The summed E-state index contributed by atoms with van der Waals surface area (Å²) in [6.07, 6.45) is 9.24. The van der Waals surface area contributed by atoms with Gasteiger partial charge in [0.2, 0.25) is 0 Å². The Morgan fingerprint density at radius 3 is 2.54 bits per heavy atom. The second-order valence-corrected chi connectivity index (χ2v) is 8.92. The summed E-state index contributed by atoms with van der Waals surface area (Å²) in [5, 5.41) is 0. The van der Waals surface area contributed by atoms with E-state index in [4.69, 9.17) is 4.74 Å². The molecule has 0 saturated heterocycles. The van der Waals surface area contributed by atoms with Gasteiger partial charge >= 0.3 is 0 Å². The molecule has 4 aliphatic rings. The maximum Gasteiger partial charge on any atom is 0.155 e. The van der Waals surface area contributed by atoms with Crippen LogP contribution in [0.25, 0.3) is 0 Å². The molecule has 3 nitrogen and oxygen atoms in total. The Morgan fingerprint density at radius 1 is 1.04 bits per heavy atom. The average Bonchev–Trinajstić information content (AvgIpc) is 2.85. The first-order valence-electron chi connectivity index (χ1n) is 9.78. The highest BCUT2D eigenvalue weighted by Crippen LogP contribution is 2.67. The van der Waals surface area contributed by atoms with Gasteiger partial charge in [0, 0.05) is 30.3 Å². The summed E-state index contributed by atoms with van der Waals surface area (Å²) in [4.78, 5) is 24.6. The molecule has 3 heteroatoms. The highest BCUT2D eigenvalue weighted by molar-refractivity contribution is 5.92. The molecule has 4 aliphatic carbocycles. The smallest absolute Gasteiger partial charge is 0.155 e. The molecule has 5 atom stereocenters. The summed E-state index contributed by atoms with van der Waals surface area (Å²) in [6.45, 7) is 7.35. The van der Waals surface area contributed by atoms with Crippen LogP contribution in [-0.4, -0.2) is 23.8 Å². The molecule has 0 N–H and O–H groups in total. The molecule has 0 bridgehead atoms. The number of Topliss-reactive ketones (excluding diaryl/α,β-unsaturated/α-hetero) is 1. The van der Waals surface area contributed by atoms with Gasteiger partial charge in [0.15, 0.2) is 5.78 Å². The largest absolute Gasteiger partial charge is 0.374 e. The fraction of sp³-hybridized carbons (Fsp3) is 0.810. The van der Waals surface area contributed by atoms with Crippen molar-refractivity contribution in [2.24, 2.45) is 22.7 Å². The Balaban J connectivity index is 1.81. The van der Waals surface area contributed by atoms with E-state index in [9.17, 15) is 9.59 Å². The summed E-state index contributed by atoms with van der Waals surface area (Å²) in [5.41, 5.74) is 0.970. The summed E-state index contributed by atoms with van der Waals surface area (Å²) >= 11 is 0. The van der Waals surface area contributed by atoms with E-state index in [1.165, 1.54) is 5.57 Å². The molecule has 0 aliphatic heterocycles. The quantitative estimate of drug-likeness (QED) is 0.760. The van der Waals surface area contributed by atoms with E-state index in [1.807, 2.05) is 6.08 Å². The zero-order chi connectivity index (χ0) is 17.2. The first kappa shape index (κ1) is 16.5. The molecular formula is C21H30O3. The fourth-order valence-corrected chi connectivity index (χ4v) is 6.84. The normalized spacial score (nSPS) is 47.7. The number of ketones is 2. The highest BCUT2D eigenvalue weighted by Gasteiger charge is 2.66. The predicted molar refractivity (Wildman–Crippen MR) is 92.6 cm³/mol. The lowest BCUT2D eigenvalue weighted by atomic mass is 9.45. The number of hydrogen-bond acceptors (Lipinski definition) is 3. The van der Waals surface area contributed by atoms with Gasteiger partial charge in [0.1, 0.15) is 5.78 Å². The molecule has 5 unspecified atom stereocenters. The van der Waals surface area contributed by atoms with E-state index in [-0.39, 0.29) is 22.2 Å². The van der Waals surface area contributed by atoms with Gasteiger partial charge in [-0.2, -0.15) is 0 Å². The predicted octanol–water partition coefficient (Wildman–Crippen LogP) is 4.25. The monoisotopic (exact) mass is 330 g/mol. The van der Waals surface area contributed by atoms with Crippen LogP contribution in [0.4, 0.5) is 0 Å². The van der Waals surface area contributed by atoms with Crippen LogP contribution < -0.4 is 0 Å². The zero-order valence-corrected chi connectivity index (χ0v) is 15.3. The third-order valence-corrected chi connectivity index (χ3v) is 8.21. The third kappa shape index (κ3) is 1.88. The molecule has 132 valence electrons. The van der Waals surface area contributed by atoms with E-state index < -0.39 is 0 Å². The molecule has 0 heterocycles. The maximum atomic E-state index is 12.6. The van der Waals surface area contributed by atoms with Crippen molar-refractivity contribution in [3.63, 3.8) is 0 Å². The summed E-state index contributed by atoms with van der Waals surface area (Å²) in [5.74, 6) is 1.67. The van der Waals surface area contributed by atoms with Crippen molar-refractivity contribution in [3.8, 4) is 0 Å². The fourth-order valence-electron chi connectivity index (χ4n) is 6.84. The molecule has 0 aromatic rings. The topological polar surface area (TPSA) is 43.4 Å². The van der Waals surface area contributed by atoms with E-state index in [0.717, 1.165) is 44.9 Å². The Labute approximate surface area is 145 Å². The van der Waals surface area contributed by atoms with Crippen LogP contribution in [0.5, 0.6) is 0 Å². The molecule has 3 saturated carbocycles. The molecule has 0 amide bonds. The zero-order valence-electron chi connectivity index (χ0n) is 15.3. The minimum Gasteiger partial charge on any atom is -0.374 e. The second kappa shape index (κ2) is 5.27. The van der Waals surface area contributed by atoms with Crippen LogP contribution in [0.15, 0.2) is 11.6 Å². The van der Waals surface area contributed by atoms with Crippen LogP contribution in [0.3, 0.4) is 0 Å².